The SMILES string of the molecule is CO/N=C\c1ccc2c(c1CN(C)C)OCO2. The summed E-state index contributed by atoms with van der Waals surface area (Å²) in [5, 5.41) is 3.80. The largest absolute Gasteiger partial charge is 0.454 e. The van der Waals surface area contributed by atoms with Crippen LogP contribution in [0, 0.1) is 0 Å². The summed E-state index contributed by atoms with van der Waals surface area (Å²) in [7, 11) is 5.54. The fourth-order valence-corrected chi connectivity index (χ4v) is 1.76. The predicted molar refractivity (Wildman–Crippen MR) is 64.6 cm³/mol. The van der Waals surface area contributed by atoms with E-state index in [1.54, 1.807) is 6.21 Å². The van der Waals surface area contributed by atoms with Crippen LogP contribution in [0.15, 0.2) is 17.3 Å². The molecule has 17 heavy (non-hydrogen) atoms. The van der Waals surface area contributed by atoms with Gasteiger partial charge < -0.3 is 19.2 Å². The number of hydrogen-bond acceptors (Lipinski definition) is 5. The van der Waals surface area contributed by atoms with Crippen LogP contribution in [0.1, 0.15) is 11.1 Å². The summed E-state index contributed by atoms with van der Waals surface area (Å²) in [4.78, 5) is 6.78. The van der Waals surface area contributed by atoms with Crippen LogP contribution < -0.4 is 9.47 Å². The van der Waals surface area contributed by atoms with Gasteiger partial charge in [0.1, 0.15) is 7.11 Å². The normalized spacial score (nSPS) is 13.6. The number of rotatable bonds is 4. The molecule has 0 bridgehead atoms. The van der Waals surface area contributed by atoms with Crippen molar-refractivity contribution in [3.05, 3.63) is 23.3 Å². The Balaban J connectivity index is 2.41. The van der Waals surface area contributed by atoms with Crippen molar-refractivity contribution in [2.45, 2.75) is 6.54 Å². The van der Waals surface area contributed by atoms with Crippen molar-refractivity contribution in [3.8, 4) is 11.5 Å². The highest BCUT2D eigenvalue weighted by atomic mass is 16.7. The predicted octanol–water partition coefficient (Wildman–Crippen LogP) is 1.46. The number of ether oxygens (including phenoxy) is 2. The fourth-order valence-electron chi connectivity index (χ4n) is 1.76. The number of benzene rings is 1. The third kappa shape index (κ3) is 2.50. The van der Waals surface area contributed by atoms with E-state index in [0.29, 0.717) is 0 Å². The van der Waals surface area contributed by atoms with Crippen LogP contribution in [-0.4, -0.2) is 39.1 Å². The molecule has 0 spiro atoms. The summed E-state index contributed by atoms with van der Waals surface area (Å²) >= 11 is 0. The van der Waals surface area contributed by atoms with E-state index in [1.807, 2.05) is 26.2 Å². The van der Waals surface area contributed by atoms with Gasteiger partial charge in [0.05, 0.1) is 6.21 Å². The van der Waals surface area contributed by atoms with E-state index >= 15 is 0 Å². The van der Waals surface area contributed by atoms with Gasteiger partial charge >= 0.3 is 0 Å². The van der Waals surface area contributed by atoms with Gasteiger partial charge in [-0.25, -0.2) is 0 Å². The lowest BCUT2D eigenvalue weighted by molar-refractivity contribution is 0.172. The highest BCUT2D eigenvalue weighted by Gasteiger charge is 2.20. The Morgan fingerprint density at radius 3 is 2.94 bits per heavy atom. The van der Waals surface area contributed by atoms with Gasteiger partial charge in [-0.05, 0) is 26.2 Å². The maximum absolute atomic E-state index is 5.50. The number of oxime groups is 1. The Morgan fingerprint density at radius 2 is 2.24 bits per heavy atom. The molecule has 1 aromatic rings. The molecule has 0 amide bonds. The Labute approximate surface area is 101 Å². The van der Waals surface area contributed by atoms with E-state index < -0.39 is 0 Å². The fraction of sp³-hybridized carbons (Fsp3) is 0.417. The second-order valence-corrected chi connectivity index (χ2v) is 4.02. The molecule has 0 atom stereocenters. The first kappa shape index (κ1) is 11.7. The van der Waals surface area contributed by atoms with E-state index in [0.717, 1.165) is 29.2 Å². The molecule has 92 valence electrons. The lowest BCUT2D eigenvalue weighted by atomic mass is 10.1. The third-order valence-electron chi connectivity index (χ3n) is 2.45. The minimum atomic E-state index is 0.278. The van der Waals surface area contributed by atoms with Crippen molar-refractivity contribution < 1.29 is 14.3 Å². The van der Waals surface area contributed by atoms with Crippen LogP contribution in [0.4, 0.5) is 0 Å². The second kappa shape index (κ2) is 5.05. The van der Waals surface area contributed by atoms with Gasteiger partial charge in [0, 0.05) is 17.7 Å². The Kier molecular flexibility index (Phi) is 3.49. The summed E-state index contributed by atoms with van der Waals surface area (Å²) in [5.41, 5.74) is 2.04. The van der Waals surface area contributed by atoms with Crippen molar-refractivity contribution in [2.24, 2.45) is 5.16 Å². The minimum absolute atomic E-state index is 0.278. The van der Waals surface area contributed by atoms with E-state index in [2.05, 4.69) is 10.1 Å². The molecule has 0 aliphatic carbocycles. The maximum Gasteiger partial charge on any atom is 0.231 e. The number of hydrogen-bond donors (Lipinski definition) is 0. The van der Waals surface area contributed by atoms with Gasteiger partial charge in [-0.3, -0.25) is 0 Å². The molecular weight excluding hydrogens is 220 g/mol. The zero-order valence-electron chi connectivity index (χ0n) is 10.3. The third-order valence-corrected chi connectivity index (χ3v) is 2.45. The zero-order valence-corrected chi connectivity index (χ0v) is 10.3. The summed E-state index contributed by atoms with van der Waals surface area (Å²) in [6.07, 6.45) is 1.68. The quantitative estimate of drug-likeness (QED) is 0.586. The standard InChI is InChI=1S/C12H16N2O3/c1-14(2)7-10-9(6-13-15-3)4-5-11-12(10)17-8-16-11/h4-6H,7-8H2,1-3H3/b13-6-. The Bertz CT molecular complexity index is 430. The minimum Gasteiger partial charge on any atom is -0.454 e. The number of nitrogens with zero attached hydrogens (tertiary/aromatic N) is 2. The first-order valence-electron chi connectivity index (χ1n) is 5.35. The van der Waals surface area contributed by atoms with E-state index in [4.69, 9.17) is 14.3 Å². The van der Waals surface area contributed by atoms with Gasteiger partial charge in [0.25, 0.3) is 0 Å². The maximum atomic E-state index is 5.50. The van der Waals surface area contributed by atoms with E-state index in [1.165, 1.54) is 7.11 Å². The molecule has 1 aliphatic rings. The van der Waals surface area contributed by atoms with Crippen molar-refractivity contribution >= 4 is 6.21 Å². The monoisotopic (exact) mass is 236 g/mol. The lowest BCUT2D eigenvalue weighted by Gasteiger charge is -2.14. The molecule has 2 rings (SSSR count). The average molecular weight is 236 g/mol. The first-order chi connectivity index (χ1) is 8.22. The molecule has 0 saturated heterocycles. The number of fused-ring (bicyclic) bond motifs is 1. The highest BCUT2D eigenvalue weighted by Crippen LogP contribution is 2.37. The van der Waals surface area contributed by atoms with Crippen molar-refractivity contribution in [3.63, 3.8) is 0 Å². The molecule has 0 N–H and O–H groups in total. The molecule has 5 nitrogen and oxygen atoms in total. The summed E-state index contributed by atoms with van der Waals surface area (Å²) in [5.74, 6) is 1.59. The van der Waals surface area contributed by atoms with Crippen LogP contribution in [0.2, 0.25) is 0 Å². The van der Waals surface area contributed by atoms with Crippen LogP contribution in [0.25, 0.3) is 0 Å². The van der Waals surface area contributed by atoms with Crippen molar-refractivity contribution in [1.29, 1.82) is 0 Å². The molecule has 5 heteroatoms. The average Bonchev–Trinajstić information content (AvgIpc) is 2.75. The van der Waals surface area contributed by atoms with Crippen LogP contribution >= 0.6 is 0 Å². The van der Waals surface area contributed by atoms with Crippen molar-refractivity contribution in [1.82, 2.24) is 4.90 Å². The first-order valence-corrected chi connectivity index (χ1v) is 5.35. The molecule has 0 fully saturated rings. The summed E-state index contributed by atoms with van der Waals surface area (Å²) in [6.45, 7) is 1.04. The van der Waals surface area contributed by atoms with Gasteiger partial charge in [-0.15, -0.1) is 0 Å². The second-order valence-electron chi connectivity index (χ2n) is 4.02. The summed E-state index contributed by atoms with van der Waals surface area (Å²) < 4.78 is 10.9. The van der Waals surface area contributed by atoms with Gasteiger partial charge in [0.15, 0.2) is 11.5 Å². The van der Waals surface area contributed by atoms with Crippen LogP contribution in [0.5, 0.6) is 11.5 Å². The molecule has 1 heterocycles. The van der Waals surface area contributed by atoms with Gasteiger partial charge in [-0.1, -0.05) is 5.16 Å². The topological polar surface area (TPSA) is 43.3 Å². The zero-order chi connectivity index (χ0) is 12.3. The van der Waals surface area contributed by atoms with Crippen LogP contribution in [-0.2, 0) is 11.4 Å². The molecule has 0 radical (unpaired) electrons. The summed E-state index contributed by atoms with van der Waals surface area (Å²) in [6, 6.07) is 3.84. The van der Waals surface area contributed by atoms with E-state index in [9.17, 15) is 0 Å². The van der Waals surface area contributed by atoms with E-state index in [-0.39, 0.29) is 6.79 Å². The van der Waals surface area contributed by atoms with Crippen molar-refractivity contribution in [2.75, 3.05) is 28.0 Å². The van der Waals surface area contributed by atoms with Gasteiger partial charge in [0.2, 0.25) is 6.79 Å². The lowest BCUT2D eigenvalue weighted by Crippen LogP contribution is -2.13. The van der Waals surface area contributed by atoms with Crippen LogP contribution in [0.3, 0.4) is 0 Å². The Hall–Kier alpha value is -1.75. The van der Waals surface area contributed by atoms with Gasteiger partial charge in [-0.2, -0.15) is 0 Å². The molecule has 0 unspecified atom stereocenters. The molecule has 1 aromatic carbocycles. The molecule has 0 aromatic heterocycles. The molecule has 1 aliphatic heterocycles. The Morgan fingerprint density at radius 1 is 1.41 bits per heavy atom. The molecular formula is C12H16N2O3. The highest BCUT2D eigenvalue weighted by molar-refractivity contribution is 5.83. The smallest absolute Gasteiger partial charge is 0.231 e. The molecule has 0 saturated carbocycles.